The number of aromatic nitrogens is 1. The summed E-state index contributed by atoms with van der Waals surface area (Å²) >= 11 is 6.66. The number of carbonyl (C=O) groups is 1. The van der Waals surface area contributed by atoms with Gasteiger partial charge in [-0.25, -0.2) is 14.4 Å². The largest absolute Gasteiger partial charge is 0.366 e. The maximum atomic E-state index is 15.0. The van der Waals surface area contributed by atoms with Crippen LogP contribution in [0.1, 0.15) is 42.5 Å². The summed E-state index contributed by atoms with van der Waals surface area (Å²) < 4.78 is 29.5. The smallest absolute Gasteiger partial charge is 0.260 e. The molecule has 0 spiro atoms. The lowest BCUT2D eigenvalue weighted by molar-refractivity contribution is -0.121. The Labute approximate surface area is 261 Å². The first-order valence-electron chi connectivity index (χ1n) is 14.6. The van der Waals surface area contributed by atoms with Gasteiger partial charge in [-0.1, -0.05) is 29.8 Å². The highest BCUT2D eigenvalue weighted by Crippen LogP contribution is 2.35. The molecule has 0 bridgehead atoms. The fourth-order valence-electron chi connectivity index (χ4n) is 5.67. The molecule has 0 radical (unpaired) electrons. The Morgan fingerprint density at radius 3 is 2.52 bits per heavy atom. The number of anilines is 1. The quantitative estimate of drug-likeness (QED) is 0.217. The maximum Gasteiger partial charge on any atom is 0.260 e. The third-order valence-corrected chi connectivity index (χ3v) is 8.38. The topological polar surface area (TPSA) is 73.2 Å². The number of halogens is 3. The number of benzene rings is 2. The Kier molecular flexibility index (Phi) is 9.66. The number of likely N-dealkylation sites (N-methyl/N-ethyl adjacent to an activating group) is 1. The van der Waals surface area contributed by atoms with E-state index in [4.69, 9.17) is 11.6 Å². The van der Waals surface area contributed by atoms with Gasteiger partial charge in [-0.15, -0.1) is 0 Å². The van der Waals surface area contributed by atoms with Crippen LogP contribution in [0.15, 0.2) is 76.4 Å². The van der Waals surface area contributed by atoms with E-state index >= 15 is 4.39 Å². The lowest BCUT2D eigenvalue weighted by atomic mass is 9.89. The van der Waals surface area contributed by atoms with Gasteiger partial charge in [0.15, 0.2) is 0 Å². The maximum absolute atomic E-state index is 15.0. The molecule has 1 saturated heterocycles. The zero-order valence-electron chi connectivity index (χ0n) is 25.1. The second-order valence-electron chi connectivity index (χ2n) is 11.0. The highest BCUT2D eigenvalue weighted by atomic mass is 35.5. The van der Waals surface area contributed by atoms with E-state index in [9.17, 15) is 9.18 Å². The number of amidine groups is 1. The summed E-state index contributed by atoms with van der Waals surface area (Å²) in [6.07, 6.45) is 5.08. The number of hydrogen-bond donors (Lipinski definition) is 1. The molecule has 0 saturated carbocycles. The molecule has 1 N–H and O–H groups in total. The van der Waals surface area contributed by atoms with Gasteiger partial charge in [-0.3, -0.25) is 14.7 Å². The zero-order chi connectivity index (χ0) is 31.4. The number of nitrogens with one attached hydrogen (secondary N) is 1. The van der Waals surface area contributed by atoms with Gasteiger partial charge in [0.1, 0.15) is 18.3 Å². The van der Waals surface area contributed by atoms with Crippen molar-refractivity contribution in [2.75, 3.05) is 38.7 Å². The lowest BCUT2D eigenvalue weighted by Crippen LogP contribution is -2.41. The van der Waals surface area contributed by atoms with Crippen molar-refractivity contribution in [3.8, 4) is 11.1 Å². The molecule has 0 aliphatic carbocycles. The van der Waals surface area contributed by atoms with Gasteiger partial charge in [-0.2, -0.15) is 4.39 Å². The summed E-state index contributed by atoms with van der Waals surface area (Å²) in [6.45, 7) is 9.50. The van der Waals surface area contributed by atoms with E-state index in [1.807, 2.05) is 19.1 Å². The van der Waals surface area contributed by atoms with Crippen LogP contribution in [-0.2, 0) is 4.79 Å². The minimum absolute atomic E-state index is 0.107. The molecule has 5 rings (SSSR count). The van der Waals surface area contributed by atoms with E-state index in [1.54, 1.807) is 43.3 Å². The number of aryl methyl sites for hydroxylation is 1. The number of likely N-dealkylation sites (tertiary alicyclic amines) is 1. The average molecular weight is 617 g/mol. The van der Waals surface area contributed by atoms with Crippen LogP contribution in [-0.4, -0.2) is 66.6 Å². The highest BCUT2D eigenvalue weighted by molar-refractivity contribution is 6.37. The molecular weight excluding hydrogens is 582 g/mol. The number of rotatable bonds is 8. The zero-order valence-corrected chi connectivity index (χ0v) is 25.8. The molecule has 2 aliphatic rings. The van der Waals surface area contributed by atoms with Crippen LogP contribution in [0.2, 0.25) is 5.02 Å². The highest BCUT2D eigenvalue weighted by Gasteiger charge is 2.31. The van der Waals surface area contributed by atoms with Crippen molar-refractivity contribution in [3.05, 3.63) is 100.0 Å². The van der Waals surface area contributed by atoms with Crippen molar-refractivity contribution in [1.29, 1.82) is 0 Å². The van der Waals surface area contributed by atoms with Crippen LogP contribution in [0.25, 0.3) is 16.7 Å². The molecule has 1 amide bonds. The minimum atomic E-state index is -0.591. The molecule has 0 atom stereocenters. The van der Waals surface area contributed by atoms with Gasteiger partial charge < -0.3 is 10.2 Å². The monoisotopic (exact) mass is 616 g/mol. The second kappa shape index (κ2) is 13.6. The van der Waals surface area contributed by atoms with Crippen LogP contribution >= 0.6 is 11.6 Å². The fourth-order valence-corrected chi connectivity index (χ4v) is 5.95. The predicted molar refractivity (Wildman–Crippen MR) is 174 cm³/mol. The summed E-state index contributed by atoms with van der Waals surface area (Å²) in [5, 5.41) is 3.44. The number of hydrogen-bond acceptors (Lipinski definition) is 6. The van der Waals surface area contributed by atoms with E-state index in [0.29, 0.717) is 51.6 Å². The van der Waals surface area contributed by atoms with Crippen LogP contribution in [0.4, 0.5) is 14.5 Å². The van der Waals surface area contributed by atoms with Gasteiger partial charge >= 0.3 is 0 Å². The van der Waals surface area contributed by atoms with Crippen molar-refractivity contribution in [3.63, 3.8) is 0 Å². The summed E-state index contributed by atoms with van der Waals surface area (Å²) in [5.41, 5.74) is 4.19. The standard InChI is InChI=1S/C34H35ClF2N6O/c1-5-43-33(40-20-39-25-8-11-26(31(36)18-25)22-12-14-42(4)15-13-22)24(19-38-3)16-29(34(43)44)28-10-7-23(17-30(28)35)27-9-6-21(2)41-32(27)37/h6-11,16-19,22,39H,3,5,12-15,20H2,1-2,4H3/b24-19-,40-33+. The van der Waals surface area contributed by atoms with Gasteiger partial charge in [-0.05, 0) is 107 Å². The fraction of sp³-hybridized carbons (Fsp3) is 0.294. The van der Waals surface area contributed by atoms with Gasteiger partial charge in [0.25, 0.3) is 5.91 Å². The number of amides is 1. The Hall–Kier alpha value is -4.21. The summed E-state index contributed by atoms with van der Waals surface area (Å²) in [7, 11) is 2.09. The minimum Gasteiger partial charge on any atom is -0.366 e. The number of aliphatic imine (C=N–C) groups is 2. The molecule has 10 heteroatoms. The second-order valence-corrected chi connectivity index (χ2v) is 11.4. The summed E-state index contributed by atoms with van der Waals surface area (Å²) in [6, 6.07) is 13.6. The molecule has 3 heterocycles. The average Bonchev–Trinajstić information content (AvgIpc) is 2.99. The Morgan fingerprint density at radius 2 is 1.86 bits per heavy atom. The van der Waals surface area contributed by atoms with E-state index in [2.05, 4.69) is 39.0 Å². The lowest BCUT2D eigenvalue weighted by Gasteiger charge is -2.30. The molecule has 44 heavy (non-hydrogen) atoms. The number of piperidine rings is 1. The molecule has 3 aromatic rings. The van der Waals surface area contributed by atoms with Crippen LogP contribution in [0.5, 0.6) is 0 Å². The summed E-state index contributed by atoms with van der Waals surface area (Å²) in [4.78, 5) is 30.0. The first-order valence-corrected chi connectivity index (χ1v) is 15.0. The van der Waals surface area contributed by atoms with Crippen LogP contribution in [0, 0.1) is 18.7 Å². The normalized spacial score (nSPS) is 18.2. The van der Waals surface area contributed by atoms with E-state index in [0.717, 1.165) is 31.5 Å². The van der Waals surface area contributed by atoms with Gasteiger partial charge in [0.2, 0.25) is 5.95 Å². The Morgan fingerprint density at radius 1 is 1.11 bits per heavy atom. The molecule has 2 aromatic carbocycles. The number of carbonyl (C=O) groups excluding carboxylic acids is 1. The number of pyridine rings is 1. The molecule has 1 aromatic heterocycles. The molecule has 7 nitrogen and oxygen atoms in total. The third-order valence-electron chi connectivity index (χ3n) is 8.06. The third kappa shape index (κ3) is 6.64. The van der Waals surface area contributed by atoms with Crippen LogP contribution in [0.3, 0.4) is 0 Å². The molecule has 0 unspecified atom stereocenters. The number of nitrogens with zero attached hydrogens (tertiary/aromatic N) is 5. The van der Waals surface area contributed by atoms with Gasteiger partial charge in [0, 0.05) is 51.4 Å². The van der Waals surface area contributed by atoms with E-state index in [1.165, 1.54) is 17.2 Å². The van der Waals surface area contributed by atoms with Crippen molar-refractivity contribution in [1.82, 2.24) is 14.8 Å². The van der Waals surface area contributed by atoms with E-state index in [-0.39, 0.29) is 29.3 Å². The summed E-state index contributed by atoms with van der Waals surface area (Å²) in [5.74, 6) is -0.485. The molecule has 1 fully saturated rings. The van der Waals surface area contributed by atoms with Crippen LogP contribution < -0.4 is 5.32 Å². The Balaban J connectivity index is 1.37. The van der Waals surface area contributed by atoms with Crippen molar-refractivity contribution in [2.45, 2.75) is 32.6 Å². The Bertz CT molecular complexity index is 1680. The molecule has 228 valence electrons. The molecule has 2 aliphatic heterocycles. The van der Waals surface area contributed by atoms with Crippen molar-refractivity contribution < 1.29 is 13.6 Å². The van der Waals surface area contributed by atoms with E-state index < -0.39 is 5.95 Å². The predicted octanol–water partition coefficient (Wildman–Crippen LogP) is 7.10. The van der Waals surface area contributed by atoms with Gasteiger partial charge in [0.05, 0.1) is 0 Å². The SMILES string of the molecule is C=N/C=C1/C=C(c2ccc(-c3ccc(C)nc3F)cc2Cl)C(=O)N(CC)/C1=N/CNc1ccc(C2CCN(C)CC2)c(F)c1. The first kappa shape index (κ1) is 31.2. The molecular formula is C34H35ClF2N6O. The first-order chi connectivity index (χ1) is 21.2. The van der Waals surface area contributed by atoms with Crippen molar-refractivity contribution >= 4 is 41.3 Å². The van der Waals surface area contributed by atoms with Crippen molar-refractivity contribution in [2.24, 2.45) is 9.98 Å².